The van der Waals surface area contributed by atoms with Gasteiger partial charge in [0.1, 0.15) is 5.75 Å². The summed E-state index contributed by atoms with van der Waals surface area (Å²) in [7, 11) is 0. The van der Waals surface area contributed by atoms with Gasteiger partial charge in [-0.05, 0) is 49.4 Å². The van der Waals surface area contributed by atoms with Gasteiger partial charge in [0.15, 0.2) is 0 Å². The van der Waals surface area contributed by atoms with Crippen LogP contribution in [-0.4, -0.2) is 13.2 Å². The summed E-state index contributed by atoms with van der Waals surface area (Å²) in [6.07, 6.45) is 7.82. The van der Waals surface area contributed by atoms with Gasteiger partial charge in [-0.15, -0.1) is 0 Å². The van der Waals surface area contributed by atoms with E-state index >= 15 is 0 Å². The molecule has 0 unspecified atom stereocenters. The molecule has 1 aliphatic rings. The molecule has 0 heterocycles. The number of hydrogen-bond acceptors (Lipinski definition) is 2. The van der Waals surface area contributed by atoms with Crippen molar-refractivity contribution in [3.63, 3.8) is 0 Å². The van der Waals surface area contributed by atoms with E-state index in [1.807, 2.05) is 0 Å². The molecular formula is C15H23NO. The largest absolute Gasteiger partial charge is 0.494 e. The van der Waals surface area contributed by atoms with Crippen LogP contribution in [0.25, 0.3) is 0 Å². The van der Waals surface area contributed by atoms with Crippen LogP contribution in [0.1, 0.15) is 50.0 Å². The van der Waals surface area contributed by atoms with Crippen molar-refractivity contribution in [2.75, 3.05) is 13.2 Å². The number of ether oxygens (including phenoxy) is 1. The van der Waals surface area contributed by atoms with Crippen molar-refractivity contribution >= 4 is 0 Å². The highest BCUT2D eigenvalue weighted by Gasteiger charge is 2.14. The van der Waals surface area contributed by atoms with E-state index in [-0.39, 0.29) is 0 Å². The summed E-state index contributed by atoms with van der Waals surface area (Å²) in [4.78, 5) is 0. The quantitative estimate of drug-likeness (QED) is 0.790. The second-order valence-electron chi connectivity index (χ2n) is 4.89. The normalized spacial score (nSPS) is 17.0. The molecule has 0 amide bonds. The zero-order chi connectivity index (χ0) is 11.9. The van der Waals surface area contributed by atoms with E-state index < -0.39 is 0 Å². The summed E-state index contributed by atoms with van der Waals surface area (Å²) >= 11 is 0. The first kappa shape index (κ1) is 12.4. The zero-order valence-corrected chi connectivity index (χ0v) is 10.5. The van der Waals surface area contributed by atoms with Gasteiger partial charge in [-0.2, -0.15) is 0 Å². The molecule has 2 rings (SSSR count). The molecular weight excluding hydrogens is 210 g/mol. The Hall–Kier alpha value is -1.02. The second-order valence-corrected chi connectivity index (χ2v) is 4.89. The third-order valence-corrected chi connectivity index (χ3v) is 3.57. The molecule has 2 heteroatoms. The summed E-state index contributed by atoms with van der Waals surface area (Å²) in [6, 6.07) is 8.66. The Morgan fingerprint density at radius 3 is 2.41 bits per heavy atom. The summed E-state index contributed by atoms with van der Waals surface area (Å²) in [5, 5.41) is 0. The lowest BCUT2D eigenvalue weighted by Crippen LogP contribution is -2.06. The molecule has 0 aliphatic heterocycles. The summed E-state index contributed by atoms with van der Waals surface area (Å²) in [6.45, 7) is 1.42. The van der Waals surface area contributed by atoms with Gasteiger partial charge in [-0.1, -0.05) is 31.4 Å². The fourth-order valence-electron chi connectivity index (χ4n) is 2.55. The topological polar surface area (TPSA) is 35.2 Å². The molecule has 0 bridgehead atoms. The molecule has 1 saturated carbocycles. The first-order chi connectivity index (χ1) is 8.40. The van der Waals surface area contributed by atoms with E-state index in [9.17, 15) is 0 Å². The monoisotopic (exact) mass is 233 g/mol. The predicted octanol–water partition coefficient (Wildman–Crippen LogP) is 3.46. The molecule has 0 radical (unpaired) electrons. The SMILES string of the molecule is NCCCOc1ccc(C2CCCCC2)cc1. The van der Waals surface area contributed by atoms with Crippen molar-refractivity contribution in [2.24, 2.45) is 5.73 Å². The smallest absolute Gasteiger partial charge is 0.119 e. The summed E-state index contributed by atoms with van der Waals surface area (Å²) in [5.74, 6) is 1.75. The van der Waals surface area contributed by atoms with E-state index in [0.717, 1.165) is 24.7 Å². The Balaban J connectivity index is 1.88. The molecule has 1 aliphatic carbocycles. The minimum Gasteiger partial charge on any atom is -0.494 e. The average Bonchev–Trinajstić information content (AvgIpc) is 2.41. The van der Waals surface area contributed by atoms with Crippen LogP contribution >= 0.6 is 0 Å². The number of nitrogens with two attached hydrogens (primary N) is 1. The van der Waals surface area contributed by atoms with Crippen LogP contribution < -0.4 is 10.5 Å². The molecule has 0 atom stereocenters. The molecule has 1 aromatic rings. The standard InChI is InChI=1S/C15H23NO/c16-11-4-12-17-15-9-7-14(8-10-15)13-5-2-1-3-6-13/h7-10,13H,1-6,11-12,16H2. The lowest BCUT2D eigenvalue weighted by molar-refractivity contribution is 0.313. The van der Waals surface area contributed by atoms with Crippen molar-refractivity contribution in [3.8, 4) is 5.75 Å². The molecule has 0 saturated heterocycles. The van der Waals surface area contributed by atoms with Crippen LogP contribution in [0.4, 0.5) is 0 Å². The molecule has 2 nitrogen and oxygen atoms in total. The first-order valence-electron chi connectivity index (χ1n) is 6.83. The number of hydrogen-bond donors (Lipinski definition) is 1. The van der Waals surface area contributed by atoms with Crippen molar-refractivity contribution in [1.82, 2.24) is 0 Å². The van der Waals surface area contributed by atoms with Crippen molar-refractivity contribution in [2.45, 2.75) is 44.4 Å². The highest BCUT2D eigenvalue weighted by atomic mass is 16.5. The van der Waals surface area contributed by atoms with Crippen LogP contribution in [0.5, 0.6) is 5.75 Å². The fourth-order valence-corrected chi connectivity index (χ4v) is 2.55. The summed E-state index contributed by atoms with van der Waals surface area (Å²) in [5.41, 5.74) is 6.92. The Labute approximate surface area is 104 Å². The first-order valence-corrected chi connectivity index (χ1v) is 6.83. The van der Waals surface area contributed by atoms with Crippen LogP contribution in [0.2, 0.25) is 0 Å². The number of benzene rings is 1. The Morgan fingerprint density at radius 1 is 1.06 bits per heavy atom. The van der Waals surface area contributed by atoms with E-state index in [2.05, 4.69) is 24.3 Å². The van der Waals surface area contributed by atoms with Crippen LogP contribution in [0, 0.1) is 0 Å². The highest BCUT2D eigenvalue weighted by molar-refractivity contribution is 5.29. The molecule has 0 aromatic heterocycles. The lowest BCUT2D eigenvalue weighted by Gasteiger charge is -2.22. The van der Waals surface area contributed by atoms with Crippen molar-refractivity contribution in [3.05, 3.63) is 29.8 Å². The van der Waals surface area contributed by atoms with E-state index in [0.29, 0.717) is 6.54 Å². The maximum Gasteiger partial charge on any atom is 0.119 e. The number of rotatable bonds is 5. The fraction of sp³-hybridized carbons (Fsp3) is 0.600. The van der Waals surface area contributed by atoms with E-state index in [4.69, 9.17) is 10.5 Å². The maximum atomic E-state index is 5.61. The van der Waals surface area contributed by atoms with Crippen LogP contribution in [-0.2, 0) is 0 Å². The van der Waals surface area contributed by atoms with Gasteiger partial charge >= 0.3 is 0 Å². The maximum absolute atomic E-state index is 5.61. The Bertz CT molecular complexity index is 314. The zero-order valence-electron chi connectivity index (χ0n) is 10.5. The van der Waals surface area contributed by atoms with Gasteiger partial charge in [0, 0.05) is 0 Å². The van der Waals surface area contributed by atoms with Gasteiger partial charge in [0.2, 0.25) is 0 Å². The third-order valence-electron chi connectivity index (χ3n) is 3.57. The van der Waals surface area contributed by atoms with Gasteiger partial charge in [-0.25, -0.2) is 0 Å². The van der Waals surface area contributed by atoms with Crippen LogP contribution in [0.3, 0.4) is 0 Å². The predicted molar refractivity (Wildman–Crippen MR) is 71.4 cm³/mol. The van der Waals surface area contributed by atoms with Gasteiger partial charge in [0.25, 0.3) is 0 Å². The third kappa shape index (κ3) is 3.74. The van der Waals surface area contributed by atoms with Gasteiger partial charge < -0.3 is 10.5 Å². The second kappa shape index (κ2) is 6.65. The minimum atomic E-state index is 0.695. The van der Waals surface area contributed by atoms with Gasteiger partial charge in [0.05, 0.1) is 6.61 Å². The minimum absolute atomic E-state index is 0.695. The molecule has 1 fully saturated rings. The lowest BCUT2D eigenvalue weighted by atomic mass is 9.84. The summed E-state index contributed by atoms with van der Waals surface area (Å²) < 4.78 is 5.61. The average molecular weight is 233 g/mol. The molecule has 1 aromatic carbocycles. The van der Waals surface area contributed by atoms with Gasteiger partial charge in [-0.3, -0.25) is 0 Å². The molecule has 0 spiro atoms. The van der Waals surface area contributed by atoms with Crippen molar-refractivity contribution in [1.29, 1.82) is 0 Å². The molecule has 17 heavy (non-hydrogen) atoms. The van der Waals surface area contributed by atoms with E-state index in [1.54, 1.807) is 0 Å². The highest BCUT2D eigenvalue weighted by Crippen LogP contribution is 2.33. The van der Waals surface area contributed by atoms with Crippen LogP contribution in [0.15, 0.2) is 24.3 Å². The molecule has 94 valence electrons. The Morgan fingerprint density at radius 2 is 1.76 bits per heavy atom. The molecule has 2 N–H and O–H groups in total. The van der Waals surface area contributed by atoms with Crippen molar-refractivity contribution < 1.29 is 4.74 Å². The van der Waals surface area contributed by atoms with E-state index in [1.165, 1.54) is 37.7 Å². The Kier molecular flexibility index (Phi) is 4.87.